The molecule has 1 aromatic heterocycles. The normalized spacial score (nSPS) is 24.6. The van der Waals surface area contributed by atoms with E-state index in [9.17, 15) is 14.7 Å². The van der Waals surface area contributed by atoms with Gasteiger partial charge in [-0.25, -0.2) is 0 Å². The van der Waals surface area contributed by atoms with Gasteiger partial charge in [0.2, 0.25) is 5.91 Å². The second kappa shape index (κ2) is 7.13. The average molecular weight is 351 g/mol. The Kier molecular flexibility index (Phi) is 5.10. The third-order valence-corrected chi connectivity index (χ3v) is 5.41. The van der Waals surface area contributed by atoms with Crippen LogP contribution in [0.3, 0.4) is 0 Å². The monoisotopic (exact) mass is 351 g/mol. The number of carboxylic acid groups (broad SMARTS) is 1. The van der Waals surface area contributed by atoms with E-state index in [4.69, 9.17) is 9.26 Å². The van der Waals surface area contributed by atoms with Crippen molar-refractivity contribution in [1.29, 1.82) is 0 Å². The lowest BCUT2D eigenvalue weighted by Gasteiger charge is -2.42. The lowest BCUT2D eigenvalue weighted by atomic mass is 9.95. The van der Waals surface area contributed by atoms with E-state index in [1.807, 2.05) is 23.6 Å². The average Bonchev–Trinajstić information content (AvgIpc) is 3.22. The molecule has 1 aromatic rings. The smallest absolute Gasteiger partial charge is 0.326 e. The highest BCUT2D eigenvalue weighted by Gasteiger charge is 2.48. The first-order valence-corrected chi connectivity index (χ1v) is 8.70. The number of carboxylic acids is 1. The van der Waals surface area contributed by atoms with Gasteiger partial charge in [0.1, 0.15) is 11.3 Å². The number of piperazine rings is 1. The van der Waals surface area contributed by atoms with Crippen molar-refractivity contribution in [2.75, 3.05) is 39.4 Å². The Hall–Kier alpha value is -1.93. The number of carbonyl (C=O) groups is 2. The number of aliphatic carboxylic acids is 1. The summed E-state index contributed by atoms with van der Waals surface area (Å²) in [5, 5.41) is 13.5. The number of aromatic nitrogens is 1. The van der Waals surface area contributed by atoms with Crippen molar-refractivity contribution in [3.63, 3.8) is 0 Å². The summed E-state index contributed by atoms with van der Waals surface area (Å²) in [6.07, 6.45) is 1.53. The molecule has 2 saturated heterocycles. The highest BCUT2D eigenvalue weighted by atomic mass is 16.5. The highest BCUT2D eigenvalue weighted by molar-refractivity contribution is 5.80. The number of hydrogen-bond donors (Lipinski definition) is 1. The molecular weight excluding hydrogens is 326 g/mol. The van der Waals surface area contributed by atoms with Gasteiger partial charge in [0, 0.05) is 51.2 Å². The number of aryl methyl sites for hydroxylation is 2. The van der Waals surface area contributed by atoms with Crippen LogP contribution in [-0.2, 0) is 20.7 Å². The molecule has 0 aromatic carbocycles. The number of nitrogens with zero attached hydrogens (tertiary/aromatic N) is 3. The molecule has 2 fully saturated rings. The molecule has 1 amide bonds. The van der Waals surface area contributed by atoms with E-state index >= 15 is 0 Å². The van der Waals surface area contributed by atoms with E-state index in [-0.39, 0.29) is 12.5 Å². The van der Waals surface area contributed by atoms with Crippen LogP contribution in [0.2, 0.25) is 0 Å². The molecule has 0 radical (unpaired) electrons. The number of hydrogen-bond acceptors (Lipinski definition) is 6. The molecule has 0 saturated carbocycles. The number of amides is 1. The van der Waals surface area contributed by atoms with Crippen LogP contribution >= 0.6 is 0 Å². The molecule has 0 spiro atoms. The molecule has 3 heterocycles. The van der Waals surface area contributed by atoms with Crippen molar-refractivity contribution >= 4 is 11.9 Å². The zero-order valence-corrected chi connectivity index (χ0v) is 14.8. The Morgan fingerprint density at radius 1 is 1.24 bits per heavy atom. The Morgan fingerprint density at radius 3 is 2.48 bits per heavy atom. The van der Waals surface area contributed by atoms with Crippen LogP contribution in [0, 0.1) is 13.8 Å². The molecule has 8 heteroatoms. The van der Waals surface area contributed by atoms with E-state index in [0.717, 1.165) is 17.0 Å². The number of rotatable bonds is 5. The summed E-state index contributed by atoms with van der Waals surface area (Å²) in [4.78, 5) is 28.0. The van der Waals surface area contributed by atoms with Gasteiger partial charge in [0.25, 0.3) is 0 Å². The first kappa shape index (κ1) is 17.9. The quantitative estimate of drug-likeness (QED) is 0.830. The Balaban J connectivity index is 1.53. The van der Waals surface area contributed by atoms with Gasteiger partial charge in [-0.1, -0.05) is 5.16 Å². The first-order valence-electron chi connectivity index (χ1n) is 8.70. The Bertz CT molecular complexity index is 623. The predicted molar refractivity (Wildman–Crippen MR) is 88.3 cm³/mol. The fraction of sp³-hybridized carbons (Fsp3) is 0.706. The summed E-state index contributed by atoms with van der Waals surface area (Å²) >= 11 is 0. The lowest BCUT2D eigenvalue weighted by molar-refractivity contribution is -0.154. The first-order chi connectivity index (χ1) is 11.9. The van der Waals surface area contributed by atoms with Gasteiger partial charge in [-0.05, 0) is 20.3 Å². The van der Waals surface area contributed by atoms with E-state index in [2.05, 4.69) is 5.16 Å². The molecule has 2 aliphatic heterocycles. The summed E-state index contributed by atoms with van der Waals surface area (Å²) in [6.45, 7) is 6.66. The molecule has 0 bridgehead atoms. The third-order valence-electron chi connectivity index (χ3n) is 5.41. The molecular formula is C17H25N3O5. The Morgan fingerprint density at radius 2 is 1.96 bits per heavy atom. The van der Waals surface area contributed by atoms with Crippen molar-refractivity contribution in [3.05, 3.63) is 17.0 Å². The molecule has 2 aliphatic rings. The lowest BCUT2D eigenvalue weighted by Crippen LogP contribution is -2.61. The molecule has 3 rings (SSSR count). The largest absolute Gasteiger partial charge is 0.480 e. The maximum absolute atomic E-state index is 12.5. The molecule has 0 aliphatic carbocycles. The van der Waals surface area contributed by atoms with Crippen molar-refractivity contribution in [3.8, 4) is 0 Å². The molecule has 8 nitrogen and oxygen atoms in total. The fourth-order valence-corrected chi connectivity index (χ4v) is 3.74. The van der Waals surface area contributed by atoms with Crippen LogP contribution in [-0.4, -0.2) is 76.9 Å². The fourth-order valence-electron chi connectivity index (χ4n) is 3.74. The summed E-state index contributed by atoms with van der Waals surface area (Å²) in [5.41, 5.74) is 0.908. The van der Waals surface area contributed by atoms with Gasteiger partial charge >= 0.3 is 5.97 Å². The maximum Gasteiger partial charge on any atom is 0.326 e. The third kappa shape index (κ3) is 3.41. The molecule has 1 atom stereocenters. The minimum Gasteiger partial charge on any atom is -0.480 e. The van der Waals surface area contributed by atoms with Crippen molar-refractivity contribution < 1.29 is 24.0 Å². The zero-order chi connectivity index (χ0) is 18.0. The summed E-state index contributed by atoms with van der Waals surface area (Å²) in [5.74, 6) is 0.0228. The highest BCUT2D eigenvalue weighted by Crippen LogP contribution is 2.28. The van der Waals surface area contributed by atoms with Crippen LogP contribution in [0.1, 0.15) is 29.9 Å². The van der Waals surface area contributed by atoms with E-state index in [0.29, 0.717) is 52.0 Å². The topological polar surface area (TPSA) is 96.1 Å². The standard InChI is InChI=1S/C17H25N3O5/c1-12-14(13(2)25-18-12)3-4-15(21)19-6-8-20(9-7-19)17(16(22)23)5-10-24-11-17/h3-11H2,1-2H3,(H,22,23). The summed E-state index contributed by atoms with van der Waals surface area (Å²) in [7, 11) is 0. The van der Waals surface area contributed by atoms with Crippen LogP contribution in [0.15, 0.2) is 4.52 Å². The minimum atomic E-state index is -0.925. The molecule has 25 heavy (non-hydrogen) atoms. The second-order valence-corrected chi connectivity index (χ2v) is 6.81. The zero-order valence-electron chi connectivity index (χ0n) is 14.8. The van der Waals surface area contributed by atoms with Crippen molar-refractivity contribution in [1.82, 2.24) is 15.0 Å². The van der Waals surface area contributed by atoms with Gasteiger partial charge in [-0.3, -0.25) is 14.5 Å². The van der Waals surface area contributed by atoms with Gasteiger partial charge in [0.05, 0.1) is 12.3 Å². The van der Waals surface area contributed by atoms with E-state index < -0.39 is 11.5 Å². The molecule has 1 unspecified atom stereocenters. The van der Waals surface area contributed by atoms with Crippen LogP contribution in [0.4, 0.5) is 0 Å². The van der Waals surface area contributed by atoms with Crippen LogP contribution < -0.4 is 0 Å². The Labute approximate surface area is 146 Å². The molecule has 1 N–H and O–H groups in total. The second-order valence-electron chi connectivity index (χ2n) is 6.81. The van der Waals surface area contributed by atoms with E-state index in [1.54, 1.807) is 0 Å². The van der Waals surface area contributed by atoms with Gasteiger partial charge in [-0.2, -0.15) is 0 Å². The van der Waals surface area contributed by atoms with Gasteiger partial charge in [0.15, 0.2) is 0 Å². The van der Waals surface area contributed by atoms with Crippen LogP contribution in [0.25, 0.3) is 0 Å². The maximum atomic E-state index is 12.5. The predicted octanol–water partition coefficient (Wildman–Crippen LogP) is 0.612. The van der Waals surface area contributed by atoms with Crippen LogP contribution in [0.5, 0.6) is 0 Å². The SMILES string of the molecule is Cc1noc(C)c1CCC(=O)N1CCN(C2(C(=O)O)CCOC2)CC1. The van der Waals surface area contributed by atoms with E-state index in [1.165, 1.54) is 0 Å². The molecule has 138 valence electrons. The minimum absolute atomic E-state index is 0.0895. The summed E-state index contributed by atoms with van der Waals surface area (Å²) in [6, 6.07) is 0. The summed E-state index contributed by atoms with van der Waals surface area (Å²) < 4.78 is 10.5. The van der Waals surface area contributed by atoms with Crippen molar-refractivity contribution in [2.24, 2.45) is 0 Å². The van der Waals surface area contributed by atoms with Gasteiger partial charge < -0.3 is 19.3 Å². The van der Waals surface area contributed by atoms with Crippen molar-refractivity contribution in [2.45, 2.75) is 38.6 Å². The number of ether oxygens (including phenoxy) is 1. The van der Waals surface area contributed by atoms with Gasteiger partial charge in [-0.15, -0.1) is 0 Å². The number of carbonyl (C=O) groups excluding carboxylic acids is 1.